The smallest absolute Gasteiger partial charge is 0.258 e. The number of benzene rings is 1. The van der Waals surface area contributed by atoms with Crippen LogP contribution < -0.4 is 5.32 Å². The van der Waals surface area contributed by atoms with Gasteiger partial charge in [0.25, 0.3) is 5.91 Å². The van der Waals surface area contributed by atoms with E-state index in [1.54, 1.807) is 0 Å². The second-order valence-corrected chi connectivity index (χ2v) is 9.03. The number of aliphatic hydroxyl groups is 1. The fourth-order valence-electron chi connectivity index (χ4n) is 4.07. The van der Waals surface area contributed by atoms with E-state index in [9.17, 15) is 27.5 Å². The summed E-state index contributed by atoms with van der Waals surface area (Å²) in [5, 5.41) is 13.9. The maximum Gasteiger partial charge on any atom is 0.258 e. The Kier molecular flexibility index (Phi) is 6.59. The van der Waals surface area contributed by atoms with Crippen molar-refractivity contribution in [1.82, 2.24) is 15.0 Å². The first-order chi connectivity index (χ1) is 16.5. The van der Waals surface area contributed by atoms with Crippen molar-refractivity contribution in [3.8, 4) is 11.1 Å². The number of carbonyl (C=O) groups is 1. The highest BCUT2D eigenvalue weighted by Crippen LogP contribution is 2.47. The van der Waals surface area contributed by atoms with Crippen LogP contribution in [0.1, 0.15) is 67.3 Å². The van der Waals surface area contributed by atoms with Crippen molar-refractivity contribution >= 4 is 11.6 Å². The van der Waals surface area contributed by atoms with Crippen molar-refractivity contribution < 1.29 is 27.5 Å². The zero-order chi connectivity index (χ0) is 25.4. The third-order valence-corrected chi connectivity index (χ3v) is 6.11. The number of carbonyl (C=O) groups excluding carboxylic acids is 1. The molecule has 10 heteroatoms. The minimum Gasteiger partial charge on any atom is -0.383 e. The van der Waals surface area contributed by atoms with Gasteiger partial charge in [-0.2, -0.15) is 0 Å². The van der Waals surface area contributed by atoms with Crippen LogP contribution in [-0.4, -0.2) is 31.9 Å². The molecule has 3 aromatic rings. The van der Waals surface area contributed by atoms with Crippen LogP contribution in [-0.2, 0) is 5.60 Å². The molecule has 0 aliphatic heterocycles. The molecule has 0 unspecified atom stereocenters. The van der Waals surface area contributed by atoms with E-state index in [1.807, 2.05) is 13.8 Å². The summed E-state index contributed by atoms with van der Waals surface area (Å²) in [6.07, 6.45) is 2.10. The van der Waals surface area contributed by atoms with Crippen LogP contribution in [0.4, 0.5) is 23.2 Å². The van der Waals surface area contributed by atoms with E-state index in [0.29, 0.717) is 5.82 Å². The van der Waals surface area contributed by atoms with E-state index < -0.39 is 41.9 Å². The molecule has 1 aliphatic carbocycles. The van der Waals surface area contributed by atoms with Gasteiger partial charge in [0.1, 0.15) is 23.1 Å². The van der Waals surface area contributed by atoms with Gasteiger partial charge in [-0.15, -0.1) is 0 Å². The Bertz CT molecular complexity index is 1240. The van der Waals surface area contributed by atoms with Gasteiger partial charge < -0.3 is 10.4 Å². The number of aromatic nitrogens is 3. The Morgan fingerprint density at radius 2 is 1.66 bits per heavy atom. The molecule has 1 amide bonds. The molecular formula is C25H24F4N4O2. The highest BCUT2D eigenvalue weighted by atomic mass is 19.3. The van der Waals surface area contributed by atoms with Crippen LogP contribution in [0.5, 0.6) is 0 Å². The molecule has 0 spiro atoms. The van der Waals surface area contributed by atoms with Crippen LogP contribution >= 0.6 is 0 Å². The number of nitrogens with one attached hydrogen (secondary N) is 1. The lowest BCUT2D eigenvalue weighted by Crippen LogP contribution is -2.38. The van der Waals surface area contributed by atoms with Gasteiger partial charge in [-0.25, -0.2) is 27.5 Å². The fourth-order valence-corrected chi connectivity index (χ4v) is 4.07. The van der Waals surface area contributed by atoms with Gasteiger partial charge in [-0.05, 0) is 37.1 Å². The summed E-state index contributed by atoms with van der Waals surface area (Å²) in [5.74, 6) is -4.53. The van der Waals surface area contributed by atoms with Gasteiger partial charge in [-0.1, -0.05) is 13.8 Å². The standard InChI is InChI=1S/C25H24F4N4O2/c1-14(2)22-31-12-15(13-32-22)23(34)33-20-17(18-11-16(26)3-4-19(18)27)5-10-30-21(20)24(35)6-8-25(28,29)9-7-24/h3-5,10-14,35H,6-9H2,1-2H3,(H,33,34). The van der Waals surface area contributed by atoms with E-state index in [4.69, 9.17) is 0 Å². The summed E-state index contributed by atoms with van der Waals surface area (Å²) in [7, 11) is 0. The molecule has 1 fully saturated rings. The molecule has 0 atom stereocenters. The highest BCUT2D eigenvalue weighted by molar-refractivity contribution is 6.06. The summed E-state index contributed by atoms with van der Waals surface area (Å²) in [6, 6.07) is 4.19. The van der Waals surface area contributed by atoms with Gasteiger partial charge >= 0.3 is 0 Å². The third kappa shape index (κ3) is 5.17. The average Bonchev–Trinajstić information content (AvgIpc) is 2.83. The molecular weight excluding hydrogens is 464 g/mol. The number of rotatable bonds is 5. The van der Waals surface area contributed by atoms with Crippen molar-refractivity contribution in [2.75, 3.05) is 5.32 Å². The Morgan fingerprint density at radius 1 is 1.00 bits per heavy atom. The van der Waals surface area contributed by atoms with E-state index in [2.05, 4.69) is 20.3 Å². The maximum atomic E-state index is 14.7. The lowest BCUT2D eigenvalue weighted by atomic mass is 9.79. The molecule has 4 rings (SSSR count). The second-order valence-electron chi connectivity index (χ2n) is 9.03. The molecule has 35 heavy (non-hydrogen) atoms. The summed E-state index contributed by atoms with van der Waals surface area (Å²) in [6.45, 7) is 3.79. The highest BCUT2D eigenvalue weighted by Gasteiger charge is 2.45. The largest absolute Gasteiger partial charge is 0.383 e. The number of pyridine rings is 1. The topological polar surface area (TPSA) is 88.0 Å². The van der Waals surface area contributed by atoms with Crippen LogP contribution in [0, 0.1) is 11.6 Å². The van der Waals surface area contributed by atoms with E-state index in [1.165, 1.54) is 24.7 Å². The quantitative estimate of drug-likeness (QED) is 0.457. The molecule has 1 saturated carbocycles. The first kappa shape index (κ1) is 24.7. The van der Waals surface area contributed by atoms with E-state index in [0.717, 1.165) is 18.2 Å². The van der Waals surface area contributed by atoms with Crippen molar-refractivity contribution in [1.29, 1.82) is 0 Å². The van der Waals surface area contributed by atoms with E-state index >= 15 is 0 Å². The molecule has 6 nitrogen and oxygen atoms in total. The molecule has 0 saturated heterocycles. The summed E-state index contributed by atoms with van der Waals surface area (Å²) < 4.78 is 56.3. The van der Waals surface area contributed by atoms with E-state index in [-0.39, 0.29) is 46.8 Å². The van der Waals surface area contributed by atoms with Crippen molar-refractivity contribution in [3.05, 3.63) is 71.6 Å². The molecule has 0 bridgehead atoms. The van der Waals surface area contributed by atoms with Gasteiger partial charge in [0.2, 0.25) is 5.92 Å². The van der Waals surface area contributed by atoms with Crippen molar-refractivity contribution in [3.63, 3.8) is 0 Å². The Morgan fingerprint density at radius 3 is 2.29 bits per heavy atom. The third-order valence-electron chi connectivity index (χ3n) is 6.11. The molecule has 2 aromatic heterocycles. The minimum atomic E-state index is -2.93. The monoisotopic (exact) mass is 488 g/mol. The lowest BCUT2D eigenvalue weighted by Gasteiger charge is -2.36. The first-order valence-corrected chi connectivity index (χ1v) is 11.2. The van der Waals surface area contributed by atoms with Crippen LogP contribution in [0.15, 0.2) is 42.9 Å². The molecule has 0 radical (unpaired) electrons. The normalized spacial score (nSPS) is 16.8. The Balaban J connectivity index is 1.81. The number of hydrogen-bond donors (Lipinski definition) is 2. The first-order valence-electron chi connectivity index (χ1n) is 11.2. The number of anilines is 1. The Labute approximate surface area is 199 Å². The average molecular weight is 488 g/mol. The number of amides is 1. The minimum absolute atomic E-state index is 0.0401. The SMILES string of the molecule is CC(C)c1ncc(C(=O)Nc2c(-c3cc(F)ccc3F)ccnc2C2(O)CCC(F)(F)CC2)cn1. The van der Waals surface area contributed by atoms with Gasteiger partial charge in [0.05, 0.1) is 16.9 Å². The number of nitrogens with zero attached hydrogens (tertiary/aromatic N) is 3. The summed E-state index contributed by atoms with van der Waals surface area (Å²) in [4.78, 5) is 25.6. The summed E-state index contributed by atoms with van der Waals surface area (Å²) >= 11 is 0. The number of halogens is 4. The molecule has 2 N–H and O–H groups in total. The predicted molar refractivity (Wildman–Crippen MR) is 121 cm³/mol. The van der Waals surface area contributed by atoms with Crippen molar-refractivity contribution in [2.24, 2.45) is 0 Å². The number of hydrogen-bond acceptors (Lipinski definition) is 5. The van der Waals surface area contributed by atoms with Crippen LogP contribution in [0.2, 0.25) is 0 Å². The van der Waals surface area contributed by atoms with Gasteiger partial charge in [0, 0.05) is 48.5 Å². The zero-order valence-electron chi connectivity index (χ0n) is 19.2. The molecule has 1 aliphatic rings. The lowest BCUT2D eigenvalue weighted by molar-refractivity contribution is -0.108. The van der Waals surface area contributed by atoms with Crippen LogP contribution in [0.25, 0.3) is 11.1 Å². The van der Waals surface area contributed by atoms with Crippen LogP contribution in [0.3, 0.4) is 0 Å². The predicted octanol–water partition coefficient (Wildman–Crippen LogP) is 5.59. The zero-order valence-corrected chi connectivity index (χ0v) is 19.2. The maximum absolute atomic E-state index is 14.7. The molecule has 2 heterocycles. The van der Waals surface area contributed by atoms with Crippen molar-refractivity contribution in [2.45, 2.75) is 57.0 Å². The molecule has 184 valence electrons. The second kappa shape index (κ2) is 9.33. The van der Waals surface area contributed by atoms with Gasteiger partial charge in [-0.3, -0.25) is 9.78 Å². The number of alkyl halides is 2. The molecule has 1 aromatic carbocycles. The Hall–Kier alpha value is -3.40. The van der Waals surface area contributed by atoms with Gasteiger partial charge in [0.15, 0.2) is 0 Å². The fraction of sp³-hybridized carbons (Fsp3) is 0.360. The summed E-state index contributed by atoms with van der Waals surface area (Å²) in [5.41, 5.74) is -2.05.